The van der Waals surface area contributed by atoms with Crippen molar-refractivity contribution in [3.63, 3.8) is 0 Å². The third kappa shape index (κ3) is 5.56. The van der Waals surface area contributed by atoms with Gasteiger partial charge in [-0.05, 0) is 30.8 Å². The van der Waals surface area contributed by atoms with Gasteiger partial charge in [-0.2, -0.15) is 0 Å². The smallest absolute Gasteiger partial charge is 0.250 e. The van der Waals surface area contributed by atoms with Crippen molar-refractivity contribution in [3.05, 3.63) is 35.9 Å². The van der Waals surface area contributed by atoms with Gasteiger partial charge in [0.2, 0.25) is 7.59 Å². The summed E-state index contributed by atoms with van der Waals surface area (Å²) < 4.78 is 1.78. The lowest BCUT2D eigenvalue weighted by atomic mass is 10.3. The van der Waals surface area contributed by atoms with Crippen LogP contribution in [0.4, 0.5) is 0 Å². The Kier molecular flexibility index (Phi) is 6.99. The number of aromatic nitrogens is 3. The standard InChI is InChI=1S/C13H9Cl6N3OS/c1-2-23-7-5-3-4-6-8(7)24-11-21-9(12(14,15)16)20-10(22-11)13(17,18)19/h3-6H,2H2,1H3. The van der Waals surface area contributed by atoms with Gasteiger partial charge in [0.05, 0.1) is 11.5 Å². The molecule has 4 nitrogen and oxygen atoms in total. The van der Waals surface area contributed by atoms with Crippen LogP contribution in [0.2, 0.25) is 0 Å². The number of rotatable bonds is 4. The highest BCUT2D eigenvalue weighted by Crippen LogP contribution is 2.42. The monoisotopic (exact) mass is 465 g/mol. The van der Waals surface area contributed by atoms with Crippen LogP contribution in [0, 0.1) is 0 Å². The fourth-order valence-corrected chi connectivity index (χ4v) is 2.91. The number of alkyl halides is 6. The van der Waals surface area contributed by atoms with E-state index in [9.17, 15) is 0 Å². The van der Waals surface area contributed by atoms with Crippen LogP contribution in [0.15, 0.2) is 34.3 Å². The number of para-hydroxylation sites is 1. The first-order valence-corrected chi connectivity index (χ1v) is 9.50. The third-order valence-corrected chi connectivity index (χ3v) is 4.41. The predicted octanol–water partition coefficient (Wildman–Crippen LogP) is 6.07. The molecule has 0 aliphatic rings. The van der Waals surface area contributed by atoms with Crippen LogP contribution in [0.3, 0.4) is 0 Å². The van der Waals surface area contributed by atoms with Gasteiger partial charge >= 0.3 is 0 Å². The summed E-state index contributed by atoms with van der Waals surface area (Å²) in [6.07, 6.45) is 0. The highest BCUT2D eigenvalue weighted by molar-refractivity contribution is 7.99. The first-order chi connectivity index (χ1) is 11.1. The van der Waals surface area contributed by atoms with E-state index in [0.29, 0.717) is 12.4 Å². The Morgan fingerprint density at radius 1 is 0.917 bits per heavy atom. The average molecular weight is 468 g/mol. The van der Waals surface area contributed by atoms with E-state index in [-0.39, 0.29) is 16.8 Å². The van der Waals surface area contributed by atoms with Crippen molar-refractivity contribution in [3.8, 4) is 5.75 Å². The van der Waals surface area contributed by atoms with Crippen molar-refractivity contribution in [2.75, 3.05) is 6.61 Å². The molecule has 24 heavy (non-hydrogen) atoms. The molecule has 0 unspecified atom stereocenters. The lowest BCUT2D eigenvalue weighted by Crippen LogP contribution is -2.16. The molecule has 0 aliphatic heterocycles. The molecule has 130 valence electrons. The molecule has 0 bridgehead atoms. The van der Waals surface area contributed by atoms with Crippen molar-refractivity contribution in [2.45, 2.75) is 24.6 Å². The molecular formula is C13H9Cl6N3OS. The number of halogens is 6. The molecular weight excluding hydrogens is 459 g/mol. The average Bonchev–Trinajstić information content (AvgIpc) is 2.47. The van der Waals surface area contributed by atoms with Crippen molar-refractivity contribution in [1.29, 1.82) is 0 Å². The molecule has 0 radical (unpaired) electrons. The van der Waals surface area contributed by atoms with Crippen molar-refractivity contribution in [2.24, 2.45) is 0 Å². The van der Waals surface area contributed by atoms with Crippen LogP contribution in [0.1, 0.15) is 18.6 Å². The fraction of sp³-hybridized carbons (Fsp3) is 0.308. The third-order valence-electron chi connectivity index (χ3n) is 2.47. The number of hydrogen-bond acceptors (Lipinski definition) is 5. The second-order valence-electron chi connectivity index (χ2n) is 4.24. The molecule has 0 saturated carbocycles. The molecule has 0 N–H and O–H groups in total. The number of nitrogens with zero attached hydrogens (tertiary/aromatic N) is 3. The van der Waals surface area contributed by atoms with Gasteiger partial charge in [0.15, 0.2) is 16.8 Å². The van der Waals surface area contributed by atoms with Crippen molar-refractivity contribution in [1.82, 2.24) is 15.0 Å². The summed E-state index contributed by atoms with van der Waals surface area (Å²) >= 11 is 36.3. The van der Waals surface area contributed by atoms with E-state index in [1.54, 1.807) is 0 Å². The quantitative estimate of drug-likeness (QED) is 0.510. The summed E-state index contributed by atoms with van der Waals surface area (Å²) in [4.78, 5) is 12.9. The molecule has 0 amide bonds. The fourth-order valence-electron chi connectivity index (χ4n) is 1.56. The molecule has 0 atom stereocenters. The summed E-state index contributed by atoms with van der Waals surface area (Å²) in [6.45, 7) is 2.39. The predicted molar refractivity (Wildman–Crippen MR) is 100 cm³/mol. The van der Waals surface area contributed by atoms with Gasteiger partial charge < -0.3 is 4.74 Å². The summed E-state index contributed by atoms with van der Waals surface area (Å²) in [7, 11) is 0. The maximum Gasteiger partial charge on any atom is 0.250 e. The Balaban J connectivity index is 2.47. The topological polar surface area (TPSA) is 47.9 Å². The number of hydrogen-bond donors (Lipinski definition) is 0. The molecule has 0 fully saturated rings. The van der Waals surface area contributed by atoms with Gasteiger partial charge in [-0.15, -0.1) is 0 Å². The summed E-state index contributed by atoms with van der Waals surface area (Å²) in [5, 5.41) is 0.208. The lowest BCUT2D eigenvalue weighted by Gasteiger charge is -2.15. The van der Waals surface area contributed by atoms with Gasteiger partial charge in [0.25, 0.3) is 0 Å². The second-order valence-corrected chi connectivity index (χ2v) is 9.81. The number of benzene rings is 1. The van der Waals surface area contributed by atoms with E-state index < -0.39 is 7.59 Å². The zero-order valence-electron chi connectivity index (χ0n) is 11.9. The summed E-state index contributed by atoms with van der Waals surface area (Å²) in [5.74, 6) is 0.386. The molecule has 0 aliphatic carbocycles. The van der Waals surface area contributed by atoms with Crippen molar-refractivity contribution >= 4 is 81.4 Å². The Morgan fingerprint density at radius 2 is 1.46 bits per heavy atom. The van der Waals surface area contributed by atoms with Gasteiger partial charge in [-0.1, -0.05) is 81.7 Å². The van der Waals surface area contributed by atoms with E-state index >= 15 is 0 Å². The van der Waals surface area contributed by atoms with Crippen LogP contribution >= 0.6 is 81.4 Å². The minimum Gasteiger partial charge on any atom is -0.493 e. The number of ether oxygens (including phenoxy) is 1. The van der Waals surface area contributed by atoms with Gasteiger partial charge in [0, 0.05) is 0 Å². The molecule has 0 spiro atoms. The van der Waals surface area contributed by atoms with Gasteiger partial charge in [-0.3, -0.25) is 0 Å². The molecule has 1 aromatic heterocycles. The summed E-state index contributed by atoms with van der Waals surface area (Å²) in [6, 6.07) is 7.35. The van der Waals surface area contributed by atoms with Crippen LogP contribution in [-0.2, 0) is 7.59 Å². The van der Waals surface area contributed by atoms with E-state index in [1.165, 1.54) is 11.8 Å². The first-order valence-electron chi connectivity index (χ1n) is 6.41. The second kappa shape index (κ2) is 8.21. The molecule has 1 aromatic carbocycles. The Labute approximate surface area is 173 Å². The molecule has 1 heterocycles. The van der Waals surface area contributed by atoms with Crippen molar-refractivity contribution < 1.29 is 4.74 Å². The van der Waals surface area contributed by atoms with E-state index in [4.69, 9.17) is 74.3 Å². The van der Waals surface area contributed by atoms with E-state index in [1.807, 2.05) is 31.2 Å². The molecule has 0 saturated heterocycles. The largest absolute Gasteiger partial charge is 0.493 e. The van der Waals surface area contributed by atoms with Crippen LogP contribution < -0.4 is 4.74 Å². The van der Waals surface area contributed by atoms with E-state index in [0.717, 1.165) is 4.90 Å². The highest BCUT2D eigenvalue weighted by atomic mass is 35.6. The Bertz CT molecular complexity index is 687. The maximum atomic E-state index is 5.85. The molecule has 2 rings (SSSR count). The minimum atomic E-state index is -1.89. The SMILES string of the molecule is CCOc1ccccc1Sc1nc(C(Cl)(Cl)Cl)nc(C(Cl)(Cl)Cl)n1. The maximum absolute atomic E-state index is 5.85. The van der Waals surface area contributed by atoms with Crippen LogP contribution in [-0.4, -0.2) is 21.6 Å². The minimum absolute atomic E-state index is 0.139. The first kappa shape index (κ1) is 20.4. The Hall–Kier alpha value is 0.120. The van der Waals surface area contributed by atoms with Gasteiger partial charge in [-0.25, -0.2) is 15.0 Å². The zero-order chi connectivity index (χ0) is 18.0. The lowest BCUT2D eigenvalue weighted by molar-refractivity contribution is 0.332. The van der Waals surface area contributed by atoms with Gasteiger partial charge in [0.1, 0.15) is 5.75 Å². The Morgan fingerprint density at radius 3 is 1.96 bits per heavy atom. The highest BCUT2D eigenvalue weighted by Gasteiger charge is 2.34. The summed E-state index contributed by atoms with van der Waals surface area (Å²) in [5.41, 5.74) is 0. The van der Waals surface area contributed by atoms with E-state index in [2.05, 4.69) is 15.0 Å². The molecule has 2 aromatic rings. The molecule has 11 heteroatoms. The normalized spacial score (nSPS) is 12.3. The van der Waals surface area contributed by atoms with Crippen LogP contribution in [0.5, 0.6) is 5.75 Å². The zero-order valence-corrected chi connectivity index (χ0v) is 17.3. The van der Waals surface area contributed by atoms with Crippen LogP contribution in [0.25, 0.3) is 0 Å².